The fraction of sp³-hybridized carbons (Fsp3) is 0.556. The van der Waals surface area contributed by atoms with Crippen LogP contribution in [0, 0.1) is 11.7 Å². The van der Waals surface area contributed by atoms with Gasteiger partial charge in [-0.3, -0.25) is 9.59 Å². The number of nitrogens with one attached hydrogen (secondary N) is 1. The average Bonchev–Trinajstić information content (AvgIpc) is 3.17. The Morgan fingerprint density at radius 3 is 2.43 bits per heavy atom. The van der Waals surface area contributed by atoms with Gasteiger partial charge in [0.2, 0.25) is 11.8 Å². The lowest BCUT2D eigenvalue weighted by atomic mass is 9.91. The standard InChI is InChI=1S/C18H23FN2O2/c1-21-15(10-11-16(21)22)18(23)20-17(12-4-2-3-5-12)13-6-8-14(19)9-7-13/h6-9,12,15,17H,2-5,10-11H2,1H3,(H,20,23)/t15-,17-/m0/s1. The molecule has 2 atom stereocenters. The number of halogens is 1. The Morgan fingerprint density at radius 1 is 1.22 bits per heavy atom. The summed E-state index contributed by atoms with van der Waals surface area (Å²) < 4.78 is 13.2. The van der Waals surface area contributed by atoms with Crippen molar-refractivity contribution in [3.63, 3.8) is 0 Å². The van der Waals surface area contributed by atoms with Crippen LogP contribution in [0.15, 0.2) is 24.3 Å². The van der Waals surface area contributed by atoms with E-state index < -0.39 is 0 Å². The minimum Gasteiger partial charge on any atom is -0.347 e. The lowest BCUT2D eigenvalue weighted by Gasteiger charge is -2.28. The van der Waals surface area contributed by atoms with Gasteiger partial charge in [0.05, 0.1) is 6.04 Å². The van der Waals surface area contributed by atoms with Crippen LogP contribution in [0.3, 0.4) is 0 Å². The highest BCUT2D eigenvalue weighted by atomic mass is 19.1. The van der Waals surface area contributed by atoms with Gasteiger partial charge in [0.25, 0.3) is 0 Å². The summed E-state index contributed by atoms with van der Waals surface area (Å²) >= 11 is 0. The van der Waals surface area contributed by atoms with Gasteiger partial charge in [0.1, 0.15) is 11.9 Å². The van der Waals surface area contributed by atoms with Crippen molar-refractivity contribution in [3.05, 3.63) is 35.6 Å². The summed E-state index contributed by atoms with van der Waals surface area (Å²) in [7, 11) is 1.68. The van der Waals surface area contributed by atoms with Gasteiger partial charge in [-0.25, -0.2) is 4.39 Å². The zero-order chi connectivity index (χ0) is 16.4. The van der Waals surface area contributed by atoms with Crippen LogP contribution in [-0.4, -0.2) is 29.8 Å². The van der Waals surface area contributed by atoms with Gasteiger partial charge in [0.15, 0.2) is 0 Å². The number of hydrogen-bond acceptors (Lipinski definition) is 2. The molecule has 0 unspecified atom stereocenters. The van der Waals surface area contributed by atoms with Crippen LogP contribution in [0.25, 0.3) is 0 Å². The second-order valence-corrected chi connectivity index (χ2v) is 6.64. The minimum absolute atomic E-state index is 0.0179. The topological polar surface area (TPSA) is 49.4 Å². The molecule has 1 saturated heterocycles. The molecule has 23 heavy (non-hydrogen) atoms. The molecular weight excluding hydrogens is 295 g/mol. The first kappa shape index (κ1) is 16.0. The van der Waals surface area contributed by atoms with Gasteiger partial charge < -0.3 is 10.2 Å². The van der Waals surface area contributed by atoms with Crippen LogP contribution < -0.4 is 5.32 Å². The van der Waals surface area contributed by atoms with Gasteiger partial charge in [-0.05, 0) is 42.9 Å². The predicted molar refractivity (Wildman–Crippen MR) is 85.0 cm³/mol. The molecule has 2 aliphatic rings. The van der Waals surface area contributed by atoms with Crippen molar-refractivity contribution in [2.45, 2.75) is 50.6 Å². The maximum absolute atomic E-state index is 13.2. The maximum atomic E-state index is 13.2. The molecule has 1 aromatic carbocycles. The van der Waals surface area contributed by atoms with Crippen LogP contribution in [0.4, 0.5) is 4.39 Å². The molecule has 1 aliphatic carbocycles. The number of benzene rings is 1. The summed E-state index contributed by atoms with van der Waals surface area (Å²) in [5.74, 6) is 0.0297. The summed E-state index contributed by atoms with van der Waals surface area (Å²) in [6.07, 6.45) is 5.48. The van der Waals surface area contributed by atoms with Crippen molar-refractivity contribution in [2.75, 3.05) is 7.05 Å². The molecule has 3 rings (SSSR count). The van der Waals surface area contributed by atoms with Crippen molar-refractivity contribution in [1.82, 2.24) is 10.2 Å². The minimum atomic E-state index is -0.383. The zero-order valence-corrected chi connectivity index (χ0v) is 13.4. The van der Waals surface area contributed by atoms with Gasteiger partial charge in [0, 0.05) is 13.5 Å². The summed E-state index contributed by atoms with van der Waals surface area (Å²) in [5.41, 5.74) is 0.943. The van der Waals surface area contributed by atoms with Crippen molar-refractivity contribution < 1.29 is 14.0 Å². The fourth-order valence-electron chi connectivity index (χ4n) is 3.79. The summed E-state index contributed by atoms with van der Waals surface area (Å²) in [4.78, 5) is 25.8. The smallest absolute Gasteiger partial charge is 0.243 e. The number of carbonyl (C=O) groups is 2. The van der Waals surface area contributed by atoms with E-state index >= 15 is 0 Å². The number of rotatable bonds is 4. The Morgan fingerprint density at radius 2 is 1.87 bits per heavy atom. The van der Waals surface area contributed by atoms with Crippen LogP contribution >= 0.6 is 0 Å². The van der Waals surface area contributed by atoms with E-state index in [4.69, 9.17) is 0 Å². The Bertz CT molecular complexity index is 581. The molecular formula is C18H23FN2O2. The van der Waals surface area contributed by atoms with Crippen LogP contribution in [-0.2, 0) is 9.59 Å². The quantitative estimate of drug-likeness (QED) is 0.928. The predicted octanol–water partition coefficient (Wildman–Crippen LogP) is 2.79. The van der Waals surface area contributed by atoms with Crippen molar-refractivity contribution >= 4 is 11.8 Å². The fourth-order valence-corrected chi connectivity index (χ4v) is 3.79. The largest absolute Gasteiger partial charge is 0.347 e. The SMILES string of the molecule is CN1C(=O)CC[C@H]1C(=O)N[C@H](c1ccc(F)cc1)C1CCCC1. The van der Waals surface area contributed by atoms with E-state index in [1.165, 1.54) is 29.9 Å². The Hall–Kier alpha value is -1.91. The highest BCUT2D eigenvalue weighted by Crippen LogP contribution is 2.36. The molecule has 0 aromatic heterocycles. The lowest BCUT2D eigenvalue weighted by molar-refractivity contribution is -0.134. The normalized spacial score (nSPS) is 23.3. The Balaban J connectivity index is 1.77. The molecule has 0 radical (unpaired) electrons. The van der Waals surface area contributed by atoms with Gasteiger partial charge >= 0.3 is 0 Å². The summed E-state index contributed by atoms with van der Waals surface area (Å²) in [6.45, 7) is 0. The van der Waals surface area contributed by atoms with E-state index in [0.29, 0.717) is 18.8 Å². The van der Waals surface area contributed by atoms with Crippen LogP contribution in [0.1, 0.15) is 50.1 Å². The van der Waals surface area contributed by atoms with E-state index in [1.807, 2.05) is 0 Å². The first-order valence-corrected chi connectivity index (χ1v) is 8.38. The number of hydrogen-bond donors (Lipinski definition) is 1. The number of likely N-dealkylation sites (tertiary alicyclic amines) is 1. The molecule has 124 valence electrons. The molecule has 1 saturated carbocycles. The third kappa shape index (κ3) is 3.38. The third-order valence-electron chi connectivity index (χ3n) is 5.19. The van der Waals surface area contributed by atoms with Gasteiger partial charge in [-0.15, -0.1) is 0 Å². The van der Waals surface area contributed by atoms with Gasteiger partial charge in [-0.1, -0.05) is 25.0 Å². The molecule has 1 N–H and O–H groups in total. The molecule has 1 aromatic rings. The van der Waals surface area contributed by atoms with E-state index in [1.54, 1.807) is 19.2 Å². The second-order valence-electron chi connectivity index (χ2n) is 6.64. The molecule has 2 fully saturated rings. The van der Waals surface area contributed by atoms with Gasteiger partial charge in [-0.2, -0.15) is 0 Å². The van der Waals surface area contributed by atoms with Crippen molar-refractivity contribution in [1.29, 1.82) is 0 Å². The monoisotopic (exact) mass is 318 g/mol. The number of nitrogens with zero attached hydrogens (tertiary/aromatic N) is 1. The number of likely N-dealkylation sites (N-methyl/N-ethyl adjacent to an activating group) is 1. The van der Waals surface area contributed by atoms with Crippen LogP contribution in [0.5, 0.6) is 0 Å². The molecule has 1 aliphatic heterocycles. The average molecular weight is 318 g/mol. The first-order chi connectivity index (χ1) is 11.1. The summed E-state index contributed by atoms with van der Waals surface area (Å²) in [5, 5.41) is 3.13. The highest BCUT2D eigenvalue weighted by molar-refractivity contribution is 5.90. The maximum Gasteiger partial charge on any atom is 0.243 e. The lowest BCUT2D eigenvalue weighted by Crippen LogP contribution is -2.45. The van der Waals surface area contributed by atoms with E-state index in [0.717, 1.165) is 18.4 Å². The Kier molecular flexibility index (Phi) is 4.64. The van der Waals surface area contributed by atoms with Crippen LogP contribution in [0.2, 0.25) is 0 Å². The highest BCUT2D eigenvalue weighted by Gasteiger charge is 2.36. The first-order valence-electron chi connectivity index (χ1n) is 8.38. The number of amides is 2. The van der Waals surface area contributed by atoms with Crippen molar-refractivity contribution in [3.8, 4) is 0 Å². The molecule has 2 amide bonds. The molecule has 1 heterocycles. The Labute approximate surface area is 136 Å². The third-order valence-corrected chi connectivity index (χ3v) is 5.19. The van der Waals surface area contributed by atoms with E-state index in [2.05, 4.69) is 5.32 Å². The second kappa shape index (κ2) is 6.69. The molecule has 0 spiro atoms. The van der Waals surface area contributed by atoms with E-state index in [9.17, 15) is 14.0 Å². The van der Waals surface area contributed by atoms with Crippen molar-refractivity contribution in [2.24, 2.45) is 5.92 Å². The molecule has 5 heteroatoms. The summed E-state index contributed by atoms with van der Waals surface area (Å²) in [6, 6.07) is 5.90. The zero-order valence-electron chi connectivity index (χ0n) is 13.4. The number of carbonyl (C=O) groups excluding carboxylic acids is 2. The molecule has 0 bridgehead atoms. The molecule has 4 nitrogen and oxygen atoms in total. The van der Waals surface area contributed by atoms with E-state index in [-0.39, 0.29) is 29.7 Å².